The highest BCUT2D eigenvalue weighted by Crippen LogP contribution is 2.15. The molecule has 2 aromatic rings. The van der Waals surface area contributed by atoms with Crippen molar-refractivity contribution >= 4 is 5.97 Å². The van der Waals surface area contributed by atoms with Gasteiger partial charge in [-0.25, -0.2) is 0 Å². The number of hydrogen-bond acceptors (Lipinski definition) is 5. The summed E-state index contributed by atoms with van der Waals surface area (Å²) < 4.78 is 6.87. The molecule has 0 saturated carbocycles. The Hall–Kier alpha value is -2.18. The van der Waals surface area contributed by atoms with Crippen LogP contribution in [0.15, 0.2) is 4.52 Å². The number of nitrogens with zero attached hydrogens (tertiary/aromatic N) is 4. The molecule has 0 radical (unpaired) electrons. The first-order chi connectivity index (χ1) is 9.51. The predicted molar refractivity (Wildman–Crippen MR) is 70.4 cm³/mol. The van der Waals surface area contributed by atoms with Crippen LogP contribution < -0.4 is 0 Å². The molecule has 0 aliphatic carbocycles. The second-order valence-corrected chi connectivity index (χ2v) is 4.73. The molecular weight excluding hydrogens is 260 g/mol. The van der Waals surface area contributed by atoms with Crippen LogP contribution in [0.1, 0.15) is 42.0 Å². The molecule has 0 aliphatic heterocycles. The minimum atomic E-state index is -0.862. The molecule has 0 spiro atoms. The van der Waals surface area contributed by atoms with E-state index in [1.807, 2.05) is 6.92 Å². The second-order valence-electron chi connectivity index (χ2n) is 4.73. The fourth-order valence-corrected chi connectivity index (χ4v) is 2.10. The van der Waals surface area contributed by atoms with Crippen LogP contribution in [-0.2, 0) is 24.2 Å². The Morgan fingerprint density at radius 2 is 2.15 bits per heavy atom. The molecule has 7 heteroatoms. The number of carboxylic acids is 1. The van der Waals surface area contributed by atoms with Crippen molar-refractivity contribution in [2.24, 2.45) is 0 Å². The monoisotopic (exact) mass is 278 g/mol. The standard InChI is InChI=1S/C13H18N4O3/c1-4-5-11-14-12(20-16-11)7-17-9(3)10(6-13(18)19)8(2)15-17/h4-7H2,1-3H3,(H,18,19). The molecule has 0 bridgehead atoms. The summed E-state index contributed by atoms with van der Waals surface area (Å²) in [6.07, 6.45) is 1.72. The Bertz CT molecular complexity index is 615. The first kappa shape index (κ1) is 14.2. The highest BCUT2D eigenvalue weighted by Gasteiger charge is 2.16. The van der Waals surface area contributed by atoms with Gasteiger partial charge in [-0.15, -0.1) is 0 Å². The first-order valence-electron chi connectivity index (χ1n) is 6.57. The smallest absolute Gasteiger partial charge is 0.307 e. The molecular formula is C13H18N4O3. The van der Waals surface area contributed by atoms with E-state index in [-0.39, 0.29) is 6.42 Å². The fourth-order valence-electron chi connectivity index (χ4n) is 2.10. The highest BCUT2D eigenvalue weighted by atomic mass is 16.5. The van der Waals surface area contributed by atoms with Gasteiger partial charge in [-0.3, -0.25) is 9.48 Å². The lowest BCUT2D eigenvalue weighted by atomic mass is 10.1. The van der Waals surface area contributed by atoms with E-state index < -0.39 is 5.97 Å². The third-order valence-corrected chi connectivity index (χ3v) is 3.13. The zero-order chi connectivity index (χ0) is 14.7. The Labute approximate surface area is 116 Å². The molecule has 0 amide bonds. The maximum Gasteiger partial charge on any atom is 0.307 e. The topological polar surface area (TPSA) is 94.0 Å². The van der Waals surface area contributed by atoms with E-state index in [1.165, 1.54) is 0 Å². The van der Waals surface area contributed by atoms with Crippen LogP contribution in [0.4, 0.5) is 0 Å². The van der Waals surface area contributed by atoms with Gasteiger partial charge in [0.2, 0.25) is 5.89 Å². The summed E-state index contributed by atoms with van der Waals surface area (Å²) in [5.41, 5.74) is 2.28. The maximum absolute atomic E-state index is 10.8. The SMILES string of the molecule is CCCc1noc(Cn2nc(C)c(CC(=O)O)c2C)n1. The van der Waals surface area contributed by atoms with Crippen molar-refractivity contribution in [1.82, 2.24) is 19.9 Å². The fraction of sp³-hybridized carbons (Fsp3) is 0.538. The molecule has 2 rings (SSSR count). The minimum absolute atomic E-state index is 0.0252. The van der Waals surface area contributed by atoms with Gasteiger partial charge in [0, 0.05) is 17.7 Å². The molecule has 0 fully saturated rings. The average molecular weight is 278 g/mol. The van der Waals surface area contributed by atoms with Gasteiger partial charge >= 0.3 is 5.97 Å². The number of aryl methyl sites for hydroxylation is 2. The number of aliphatic carboxylic acids is 1. The maximum atomic E-state index is 10.8. The van der Waals surface area contributed by atoms with E-state index in [2.05, 4.69) is 22.2 Å². The molecule has 1 N–H and O–H groups in total. The first-order valence-corrected chi connectivity index (χ1v) is 6.57. The van der Waals surface area contributed by atoms with Gasteiger partial charge in [0.05, 0.1) is 12.1 Å². The van der Waals surface area contributed by atoms with Gasteiger partial charge in [0.25, 0.3) is 0 Å². The molecule has 0 atom stereocenters. The van der Waals surface area contributed by atoms with Crippen LogP contribution >= 0.6 is 0 Å². The van der Waals surface area contributed by atoms with E-state index in [0.717, 1.165) is 29.8 Å². The van der Waals surface area contributed by atoms with Crippen molar-refractivity contribution in [3.05, 3.63) is 28.7 Å². The molecule has 108 valence electrons. The number of rotatable bonds is 6. The van der Waals surface area contributed by atoms with Gasteiger partial charge in [-0.2, -0.15) is 10.1 Å². The zero-order valence-electron chi connectivity index (χ0n) is 11.9. The summed E-state index contributed by atoms with van der Waals surface area (Å²) in [7, 11) is 0. The lowest BCUT2D eigenvalue weighted by molar-refractivity contribution is -0.136. The minimum Gasteiger partial charge on any atom is -0.481 e. The third-order valence-electron chi connectivity index (χ3n) is 3.13. The lowest BCUT2D eigenvalue weighted by Crippen LogP contribution is -2.06. The normalized spacial score (nSPS) is 10.9. The molecule has 0 aliphatic rings. The van der Waals surface area contributed by atoms with E-state index >= 15 is 0 Å². The molecule has 0 unspecified atom stereocenters. The van der Waals surface area contributed by atoms with Crippen molar-refractivity contribution in [3.63, 3.8) is 0 Å². The van der Waals surface area contributed by atoms with E-state index in [4.69, 9.17) is 9.63 Å². The summed E-state index contributed by atoms with van der Waals surface area (Å²) in [6.45, 7) is 6.07. The molecule has 20 heavy (non-hydrogen) atoms. The van der Waals surface area contributed by atoms with Gasteiger partial charge in [-0.05, 0) is 20.3 Å². The average Bonchev–Trinajstić information content (AvgIpc) is 2.91. The van der Waals surface area contributed by atoms with Crippen LogP contribution in [0, 0.1) is 13.8 Å². The van der Waals surface area contributed by atoms with Crippen LogP contribution in [-0.4, -0.2) is 31.0 Å². The summed E-state index contributed by atoms with van der Waals surface area (Å²) in [4.78, 5) is 15.1. The summed E-state index contributed by atoms with van der Waals surface area (Å²) in [6, 6.07) is 0. The van der Waals surface area contributed by atoms with E-state index in [0.29, 0.717) is 18.3 Å². The van der Waals surface area contributed by atoms with Gasteiger partial charge in [0.1, 0.15) is 6.54 Å². The zero-order valence-corrected chi connectivity index (χ0v) is 11.9. The number of carboxylic acid groups (broad SMARTS) is 1. The Balaban J connectivity index is 2.18. The Morgan fingerprint density at radius 3 is 2.80 bits per heavy atom. The summed E-state index contributed by atoms with van der Waals surface area (Å²) in [5.74, 6) is 0.314. The van der Waals surface area contributed by atoms with Crippen molar-refractivity contribution in [2.75, 3.05) is 0 Å². The van der Waals surface area contributed by atoms with E-state index in [9.17, 15) is 4.79 Å². The van der Waals surface area contributed by atoms with Gasteiger partial charge < -0.3 is 9.63 Å². The third kappa shape index (κ3) is 3.04. The van der Waals surface area contributed by atoms with Crippen molar-refractivity contribution in [2.45, 2.75) is 46.6 Å². The van der Waals surface area contributed by atoms with Crippen molar-refractivity contribution in [1.29, 1.82) is 0 Å². The lowest BCUT2D eigenvalue weighted by Gasteiger charge is -2.01. The molecule has 0 saturated heterocycles. The molecule has 2 heterocycles. The number of carbonyl (C=O) groups is 1. The highest BCUT2D eigenvalue weighted by molar-refractivity contribution is 5.70. The summed E-state index contributed by atoms with van der Waals surface area (Å²) in [5, 5.41) is 17.1. The Kier molecular flexibility index (Phi) is 4.16. The van der Waals surface area contributed by atoms with E-state index in [1.54, 1.807) is 11.6 Å². The molecule has 7 nitrogen and oxygen atoms in total. The van der Waals surface area contributed by atoms with Gasteiger partial charge in [-0.1, -0.05) is 12.1 Å². The van der Waals surface area contributed by atoms with Crippen LogP contribution in [0.25, 0.3) is 0 Å². The van der Waals surface area contributed by atoms with Crippen LogP contribution in [0.3, 0.4) is 0 Å². The quantitative estimate of drug-likeness (QED) is 0.860. The second kappa shape index (κ2) is 5.85. The van der Waals surface area contributed by atoms with Crippen molar-refractivity contribution < 1.29 is 14.4 Å². The van der Waals surface area contributed by atoms with Gasteiger partial charge in [0.15, 0.2) is 5.82 Å². The van der Waals surface area contributed by atoms with Crippen LogP contribution in [0.5, 0.6) is 0 Å². The molecule has 2 aromatic heterocycles. The van der Waals surface area contributed by atoms with Crippen molar-refractivity contribution in [3.8, 4) is 0 Å². The summed E-state index contributed by atoms with van der Waals surface area (Å²) >= 11 is 0. The largest absolute Gasteiger partial charge is 0.481 e. The van der Waals surface area contributed by atoms with Crippen LogP contribution in [0.2, 0.25) is 0 Å². The number of aromatic nitrogens is 4. The molecule has 0 aromatic carbocycles. The Morgan fingerprint density at radius 1 is 1.40 bits per heavy atom. The predicted octanol–water partition coefficient (Wildman–Crippen LogP) is 1.51. The number of hydrogen-bond donors (Lipinski definition) is 1.